The second-order valence-electron chi connectivity index (χ2n) is 6.84. The summed E-state index contributed by atoms with van der Waals surface area (Å²) in [5.74, 6) is 1.75. The number of hydrogen-bond acceptors (Lipinski definition) is 5. The summed E-state index contributed by atoms with van der Waals surface area (Å²) in [6.45, 7) is 0. The average Bonchev–Trinajstić information content (AvgIpc) is 2.84. The molecule has 4 aromatic carbocycles. The lowest BCUT2D eigenvalue weighted by Gasteiger charge is -2.13. The van der Waals surface area contributed by atoms with Gasteiger partial charge in [0, 0.05) is 5.56 Å². The van der Waals surface area contributed by atoms with Gasteiger partial charge < -0.3 is 14.2 Å². The molecule has 0 aromatic heterocycles. The maximum Gasteiger partial charge on any atom is 0.339 e. The molecule has 5 nitrogen and oxygen atoms in total. The van der Waals surface area contributed by atoms with Gasteiger partial charge in [-0.05, 0) is 54.6 Å². The molecule has 0 fully saturated rings. The van der Waals surface area contributed by atoms with Crippen LogP contribution in [0.15, 0.2) is 109 Å². The van der Waals surface area contributed by atoms with E-state index in [4.69, 9.17) is 14.2 Å². The third-order valence-electron chi connectivity index (χ3n) is 4.53. The van der Waals surface area contributed by atoms with E-state index in [1.807, 2.05) is 66.7 Å². The molecule has 0 aliphatic heterocycles. The van der Waals surface area contributed by atoms with Crippen LogP contribution in [0.4, 0.5) is 0 Å². The number of carbonyl (C=O) groups excluding carboxylic acids is 1. The maximum atomic E-state index is 12.7. The molecule has 0 saturated carbocycles. The quantitative estimate of drug-likeness (QED) is 0.311. The van der Waals surface area contributed by atoms with Crippen LogP contribution < -0.4 is 9.47 Å². The summed E-state index contributed by atoms with van der Waals surface area (Å²) in [6, 6.07) is 34.2. The minimum Gasteiger partial charge on any atom is -0.457 e. The van der Waals surface area contributed by atoms with Crippen LogP contribution in [-0.2, 0) is 4.74 Å². The first-order valence-electron chi connectivity index (χ1n) is 9.98. The summed E-state index contributed by atoms with van der Waals surface area (Å²) in [7, 11) is 0. The molecule has 0 heterocycles. The van der Waals surface area contributed by atoms with Crippen LogP contribution in [0.25, 0.3) is 0 Å². The van der Waals surface area contributed by atoms with Crippen molar-refractivity contribution >= 4 is 5.97 Å². The lowest BCUT2D eigenvalue weighted by Crippen LogP contribution is -2.10. The van der Waals surface area contributed by atoms with E-state index in [1.54, 1.807) is 48.5 Å². The Morgan fingerprint density at radius 2 is 1.19 bits per heavy atom. The van der Waals surface area contributed by atoms with Crippen LogP contribution in [0.5, 0.6) is 23.0 Å². The van der Waals surface area contributed by atoms with Crippen LogP contribution in [0.3, 0.4) is 0 Å². The average molecular weight is 421 g/mol. The molecule has 5 heteroatoms. The third kappa shape index (κ3) is 5.32. The van der Waals surface area contributed by atoms with E-state index in [0.29, 0.717) is 28.6 Å². The van der Waals surface area contributed by atoms with Gasteiger partial charge in [-0.25, -0.2) is 4.79 Å². The Balaban J connectivity index is 1.47. The first kappa shape index (κ1) is 20.7. The van der Waals surface area contributed by atoms with Gasteiger partial charge in [0.15, 0.2) is 0 Å². The van der Waals surface area contributed by atoms with Crippen molar-refractivity contribution in [3.05, 3.63) is 120 Å². The van der Waals surface area contributed by atoms with E-state index >= 15 is 0 Å². The zero-order valence-electron chi connectivity index (χ0n) is 17.0. The Morgan fingerprint density at radius 3 is 1.78 bits per heavy atom. The first-order valence-corrected chi connectivity index (χ1v) is 9.98. The van der Waals surface area contributed by atoms with E-state index < -0.39 is 12.1 Å². The van der Waals surface area contributed by atoms with Crippen molar-refractivity contribution in [2.24, 2.45) is 0 Å². The number of esters is 1. The SMILES string of the molecule is N#CC(OC(=O)c1cccc(Oc2ccccc2)c1)c1cccc(Oc2ccccc2)c1. The Morgan fingerprint density at radius 1 is 0.656 bits per heavy atom. The summed E-state index contributed by atoms with van der Waals surface area (Å²) < 4.78 is 17.0. The summed E-state index contributed by atoms with van der Waals surface area (Å²) in [6.07, 6.45) is -1.08. The van der Waals surface area contributed by atoms with E-state index in [2.05, 4.69) is 0 Å². The molecule has 4 rings (SSSR count). The number of benzene rings is 4. The molecule has 0 aliphatic rings. The van der Waals surface area contributed by atoms with E-state index in [0.717, 1.165) is 0 Å². The number of hydrogen-bond donors (Lipinski definition) is 0. The summed E-state index contributed by atoms with van der Waals surface area (Å²) in [4.78, 5) is 12.7. The van der Waals surface area contributed by atoms with Gasteiger partial charge in [0.2, 0.25) is 6.10 Å². The van der Waals surface area contributed by atoms with Crippen molar-refractivity contribution in [3.8, 4) is 29.1 Å². The lowest BCUT2D eigenvalue weighted by molar-refractivity contribution is 0.0403. The molecular formula is C27H19NO4. The second kappa shape index (κ2) is 9.96. The van der Waals surface area contributed by atoms with Gasteiger partial charge in [-0.2, -0.15) is 5.26 Å². The number of nitriles is 1. The molecule has 0 bridgehead atoms. The van der Waals surface area contributed by atoms with Crippen molar-refractivity contribution in [2.75, 3.05) is 0 Å². The van der Waals surface area contributed by atoms with E-state index in [-0.39, 0.29) is 5.56 Å². The van der Waals surface area contributed by atoms with Gasteiger partial charge in [0.1, 0.15) is 29.1 Å². The largest absolute Gasteiger partial charge is 0.457 e. The van der Waals surface area contributed by atoms with Crippen molar-refractivity contribution in [1.82, 2.24) is 0 Å². The Bertz CT molecular complexity index is 1230. The minimum absolute atomic E-state index is 0.287. The summed E-state index contributed by atoms with van der Waals surface area (Å²) in [5, 5.41) is 9.61. The van der Waals surface area contributed by atoms with Crippen LogP contribution in [0.1, 0.15) is 22.0 Å². The Hall–Kier alpha value is -4.56. The minimum atomic E-state index is -1.08. The topological polar surface area (TPSA) is 68.5 Å². The predicted molar refractivity (Wildman–Crippen MR) is 120 cm³/mol. The summed E-state index contributed by atoms with van der Waals surface area (Å²) >= 11 is 0. The number of para-hydroxylation sites is 2. The highest BCUT2D eigenvalue weighted by atomic mass is 16.5. The van der Waals surface area contributed by atoms with Crippen LogP contribution in [0.2, 0.25) is 0 Å². The van der Waals surface area contributed by atoms with Gasteiger partial charge in [0.25, 0.3) is 0 Å². The molecular weight excluding hydrogens is 402 g/mol. The number of rotatable bonds is 7. The highest BCUT2D eigenvalue weighted by Gasteiger charge is 2.19. The fraction of sp³-hybridized carbons (Fsp3) is 0.0370. The van der Waals surface area contributed by atoms with Crippen molar-refractivity contribution in [1.29, 1.82) is 5.26 Å². The van der Waals surface area contributed by atoms with Crippen LogP contribution in [0, 0.1) is 11.3 Å². The Labute approximate surface area is 186 Å². The van der Waals surface area contributed by atoms with Gasteiger partial charge in [-0.3, -0.25) is 0 Å². The van der Waals surface area contributed by atoms with Gasteiger partial charge >= 0.3 is 5.97 Å². The monoisotopic (exact) mass is 421 g/mol. The zero-order valence-corrected chi connectivity index (χ0v) is 17.0. The molecule has 156 valence electrons. The molecule has 32 heavy (non-hydrogen) atoms. The van der Waals surface area contributed by atoms with Gasteiger partial charge in [-0.15, -0.1) is 0 Å². The van der Waals surface area contributed by atoms with Gasteiger partial charge in [0.05, 0.1) is 5.56 Å². The molecule has 0 spiro atoms. The molecule has 1 atom stereocenters. The van der Waals surface area contributed by atoms with Crippen molar-refractivity contribution < 1.29 is 19.0 Å². The highest BCUT2D eigenvalue weighted by Crippen LogP contribution is 2.27. The number of nitrogens with zero attached hydrogens (tertiary/aromatic N) is 1. The zero-order chi connectivity index (χ0) is 22.2. The molecule has 0 saturated heterocycles. The molecule has 0 N–H and O–H groups in total. The lowest BCUT2D eigenvalue weighted by atomic mass is 10.1. The molecule has 0 amide bonds. The smallest absolute Gasteiger partial charge is 0.339 e. The predicted octanol–water partition coefficient (Wildman–Crippen LogP) is 6.69. The molecule has 4 aromatic rings. The van der Waals surface area contributed by atoms with Crippen LogP contribution in [-0.4, -0.2) is 5.97 Å². The fourth-order valence-electron chi connectivity index (χ4n) is 3.02. The standard InChI is InChI=1S/C27H19NO4/c28-19-26(20-9-7-15-24(17-20)30-22-11-3-1-4-12-22)32-27(29)21-10-8-16-25(18-21)31-23-13-5-2-6-14-23/h1-18,26H. The van der Waals surface area contributed by atoms with E-state index in [9.17, 15) is 10.1 Å². The summed E-state index contributed by atoms with van der Waals surface area (Å²) in [5.41, 5.74) is 0.807. The van der Waals surface area contributed by atoms with Crippen LogP contribution >= 0.6 is 0 Å². The number of carbonyl (C=O) groups is 1. The third-order valence-corrected chi connectivity index (χ3v) is 4.53. The van der Waals surface area contributed by atoms with E-state index in [1.165, 1.54) is 0 Å². The van der Waals surface area contributed by atoms with Crippen molar-refractivity contribution in [2.45, 2.75) is 6.10 Å². The van der Waals surface area contributed by atoms with Gasteiger partial charge in [-0.1, -0.05) is 54.6 Å². The molecule has 0 aliphatic carbocycles. The fourth-order valence-corrected chi connectivity index (χ4v) is 3.02. The number of ether oxygens (including phenoxy) is 3. The molecule has 0 radical (unpaired) electrons. The highest BCUT2D eigenvalue weighted by molar-refractivity contribution is 5.90. The Kier molecular flexibility index (Phi) is 6.45. The normalized spacial score (nSPS) is 11.1. The second-order valence-corrected chi connectivity index (χ2v) is 6.84. The maximum absolute atomic E-state index is 12.7. The van der Waals surface area contributed by atoms with Crippen molar-refractivity contribution in [3.63, 3.8) is 0 Å². The first-order chi connectivity index (χ1) is 15.7. The molecule has 1 unspecified atom stereocenters.